The van der Waals surface area contributed by atoms with Gasteiger partial charge in [0.2, 0.25) is 0 Å². The Labute approximate surface area is 153 Å². The first-order chi connectivity index (χ1) is 12.3. The van der Waals surface area contributed by atoms with E-state index in [9.17, 15) is 5.11 Å². The normalized spacial score (nSPS) is 21.5. The first kappa shape index (κ1) is 21.1. The summed E-state index contributed by atoms with van der Waals surface area (Å²) in [5, 5.41) is 9.98. The molecule has 6 heteroatoms. The van der Waals surface area contributed by atoms with E-state index in [0.717, 1.165) is 32.8 Å². The third-order valence-corrected chi connectivity index (χ3v) is 4.97. The molecule has 2 saturated heterocycles. The van der Waals surface area contributed by atoms with Gasteiger partial charge in [0.05, 0.1) is 45.7 Å². The zero-order valence-corrected chi connectivity index (χ0v) is 15.9. The average molecular weight is 359 g/mol. The van der Waals surface area contributed by atoms with Crippen LogP contribution in [-0.4, -0.2) is 99.9 Å². The lowest BCUT2D eigenvalue weighted by atomic mass is 10.1. The molecule has 6 nitrogen and oxygen atoms in total. The van der Waals surface area contributed by atoms with Gasteiger partial charge in [-0.3, -0.25) is 0 Å². The number of hydrogen-bond acceptors (Lipinski definition) is 6. The van der Waals surface area contributed by atoms with Gasteiger partial charge < -0.3 is 29.1 Å². The van der Waals surface area contributed by atoms with E-state index in [-0.39, 0.29) is 0 Å². The van der Waals surface area contributed by atoms with E-state index in [1.807, 2.05) is 0 Å². The zero-order valence-electron chi connectivity index (χ0n) is 15.9. The highest BCUT2D eigenvalue weighted by Gasteiger charge is 2.14. The van der Waals surface area contributed by atoms with Crippen LogP contribution in [0.5, 0.6) is 0 Å². The number of aliphatic hydroxyl groups excluding tert-OH is 1. The number of ether oxygens (including phenoxy) is 3. The Balaban J connectivity index is 1.30. The molecule has 0 saturated carbocycles. The van der Waals surface area contributed by atoms with Crippen molar-refractivity contribution in [2.24, 2.45) is 0 Å². The monoisotopic (exact) mass is 358 g/mol. The number of likely N-dealkylation sites (tertiary alicyclic amines) is 2. The van der Waals surface area contributed by atoms with Gasteiger partial charge in [0.15, 0.2) is 0 Å². The molecule has 0 bridgehead atoms. The van der Waals surface area contributed by atoms with Crippen LogP contribution in [0, 0.1) is 0 Å². The maximum absolute atomic E-state index is 9.98. The molecule has 2 rings (SSSR count). The number of aliphatic hydroxyl groups is 1. The molecule has 0 aromatic heterocycles. The van der Waals surface area contributed by atoms with Crippen LogP contribution in [-0.2, 0) is 14.2 Å². The predicted octanol–water partition coefficient (Wildman–Crippen LogP) is 1.37. The van der Waals surface area contributed by atoms with Crippen molar-refractivity contribution in [3.63, 3.8) is 0 Å². The fourth-order valence-corrected chi connectivity index (χ4v) is 3.53. The Morgan fingerprint density at radius 1 is 0.640 bits per heavy atom. The van der Waals surface area contributed by atoms with Crippen LogP contribution < -0.4 is 0 Å². The Morgan fingerprint density at radius 3 is 1.80 bits per heavy atom. The lowest BCUT2D eigenvalue weighted by Crippen LogP contribution is -2.38. The lowest BCUT2D eigenvalue weighted by molar-refractivity contribution is -0.0198. The van der Waals surface area contributed by atoms with Crippen LogP contribution in [0.2, 0.25) is 0 Å². The smallest absolute Gasteiger partial charge is 0.0900 e. The summed E-state index contributed by atoms with van der Waals surface area (Å²) >= 11 is 0. The highest BCUT2D eigenvalue weighted by atomic mass is 16.5. The largest absolute Gasteiger partial charge is 0.389 e. The summed E-state index contributed by atoms with van der Waals surface area (Å²) in [5.74, 6) is 0. The van der Waals surface area contributed by atoms with Gasteiger partial charge in [-0.05, 0) is 51.9 Å². The fraction of sp³-hybridized carbons (Fsp3) is 1.00. The molecule has 0 unspecified atom stereocenters. The fourth-order valence-electron chi connectivity index (χ4n) is 3.53. The molecule has 0 aromatic carbocycles. The van der Waals surface area contributed by atoms with Crippen molar-refractivity contribution >= 4 is 0 Å². The topological polar surface area (TPSA) is 54.4 Å². The van der Waals surface area contributed by atoms with Crippen LogP contribution in [0.4, 0.5) is 0 Å². The Bertz CT molecular complexity index is 308. The second-order valence-corrected chi connectivity index (χ2v) is 7.22. The van der Waals surface area contributed by atoms with Gasteiger partial charge >= 0.3 is 0 Å². The second-order valence-electron chi connectivity index (χ2n) is 7.22. The van der Waals surface area contributed by atoms with Crippen molar-refractivity contribution in [1.82, 2.24) is 9.80 Å². The number of nitrogens with zero attached hydrogens (tertiary/aromatic N) is 2. The quantitative estimate of drug-likeness (QED) is 0.502. The molecule has 2 aliphatic rings. The van der Waals surface area contributed by atoms with Crippen molar-refractivity contribution in [3.05, 3.63) is 0 Å². The van der Waals surface area contributed by atoms with Gasteiger partial charge in [-0.25, -0.2) is 0 Å². The van der Waals surface area contributed by atoms with Crippen molar-refractivity contribution < 1.29 is 19.3 Å². The van der Waals surface area contributed by atoms with E-state index in [1.165, 1.54) is 51.6 Å². The van der Waals surface area contributed by atoms with Gasteiger partial charge in [-0.2, -0.15) is 0 Å². The molecule has 0 aliphatic carbocycles. The predicted molar refractivity (Wildman–Crippen MR) is 99.0 cm³/mol. The summed E-state index contributed by atoms with van der Waals surface area (Å²) in [4.78, 5) is 4.81. The first-order valence-electron chi connectivity index (χ1n) is 10.2. The molecular weight excluding hydrogens is 320 g/mol. The Hall–Kier alpha value is -0.240. The Morgan fingerprint density at radius 2 is 1.16 bits per heavy atom. The average Bonchev–Trinajstić information content (AvgIpc) is 2.65. The Kier molecular flexibility index (Phi) is 11.7. The molecule has 0 amide bonds. The van der Waals surface area contributed by atoms with Crippen molar-refractivity contribution in [2.45, 2.75) is 44.6 Å². The zero-order chi connectivity index (χ0) is 17.6. The molecule has 2 heterocycles. The van der Waals surface area contributed by atoms with Gasteiger partial charge in [0.25, 0.3) is 0 Å². The van der Waals surface area contributed by atoms with Crippen LogP contribution in [0.25, 0.3) is 0 Å². The maximum Gasteiger partial charge on any atom is 0.0900 e. The van der Waals surface area contributed by atoms with E-state index in [1.54, 1.807) is 0 Å². The summed E-state index contributed by atoms with van der Waals surface area (Å²) in [6, 6.07) is 0. The highest BCUT2D eigenvalue weighted by molar-refractivity contribution is 4.68. The van der Waals surface area contributed by atoms with Gasteiger partial charge in [0, 0.05) is 13.1 Å². The van der Waals surface area contributed by atoms with Crippen LogP contribution in [0.15, 0.2) is 0 Å². The summed E-state index contributed by atoms with van der Waals surface area (Å²) in [6.45, 7) is 9.97. The standard InChI is InChI=1S/C19H38N2O4/c22-19(17-21-9-5-2-6-10-21)18-25-16-15-24-14-13-23-12-11-20-7-3-1-4-8-20/h19,22H,1-18H2/t19-/m0/s1. The minimum atomic E-state index is -0.392. The molecule has 2 fully saturated rings. The molecule has 1 N–H and O–H groups in total. The summed E-state index contributed by atoms with van der Waals surface area (Å²) in [5.41, 5.74) is 0. The molecule has 0 radical (unpaired) electrons. The minimum absolute atomic E-state index is 0.392. The summed E-state index contributed by atoms with van der Waals surface area (Å²) < 4.78 is 16.6. The highest BCUT2D eigenvalue weighted by Crippen LogP contribution is 2.09. The van der Waals surface area contributed by atoms with E-state index < -0.39 is 6.10 Å². The van der Waals surface area contributed by atoms with Crippen LogP contribution >= 0.6 is 0 Å². The molecule has 25 heavy (non-hydrogen) atoms. The van der Waals surface area contributed by atoms with Crippen molar-refractivity contribution in [1.29, 1.82) is 0 Å². The number of β-amino-alcohol motifs (C(OH)–C–C–N with tert-alkyl or cyclic N) is 1. The third-order valence-electron chi connectivity index (χ3n) is 4.97. The molecule has 1 atom stereocenters. The SMILES string of the molecule is O[C@H](COCCOCCOCCN1CCCCC1)CN1CCCCC1. The number of rotatable bonds is 13. The second kappa shape index (κ2) is 13.9. The van der Waals surface area contributed by atoms with Crippen molar-refractivity contribution in [3.8, 4) is 0 Å². The van der Waals surface area contributed by atoms with E-state index >= 15 is 0 Å². The molecular formula is C19H38N2O4. The number of piperidine rings is 2. The molecule has 0 aromatic rings. The third kappa shape index (κ3) is 10.5. The first-order valence-corrected chi connectivity index (χ1v) is 10.2. The van der Waals surface area contributed by atoms with Gasteiger partial charge in [-0.1, -0.05) is 12.8 Å². The molecule has 0 spiro atoms. The van der Waals surface area contributed by atoms with Crippen molar-refractivity contribution in [2.75, 3.05) is 78.9 Å². The van der Waals surface area contributed by atoms with Gasteiger partial charge in [0.1, 0.15) is 0 Å². The summed E-state index contributed by atoms with van der Waals surface area (Å²) in [7, 11) is 0. The molecule has 2 aliphatic heterocycles. The lowest BCUT2D eigenvalue weighted by Gasteiger charge is -2.28. The van der Waals surface area contributed by atoms with E-state index in [4.69, 9.17) is 14.2 Å². The van der Waals surface area contributed by atoms with Crippen LogP contribution in [0.1, 0.15) is 38.5 Å². The van der Waals surface area contributed by atoms with Gasteiger partial charge in [-0.15, -0.1) is 0 Å². The van der Waals surface area contributed by atoms with Crippen LogP contribution in [0.3, 0.4) is 0 Å². The number of hydrogen-bond donors (Lipinski definition) is 1. The summed E-state index contributed by atoms with van der Waals surface area (Å²) in [6.07, 6.45) is 7.47. The molecule has 148 valence electrons. The maximum atomic E-state index is 9.98. The van der Waals surface area contributed by atoms with E-state index in [0.29, 0.717) is 33.0 Å². The minimum Gasteiger partial charge on any atom is -0.389 e. The van der Waals surface area contributed by atoms with E-state index in [2.05, 4.69) is 9.80 Å².